The summed E-state index contributed by atoms with van der Waals surface area (Å²) in [6, 6.07) is 7.22. The number of halogens is 6. The van der Waals surface area contributed by atoms with E-state index in [0.717, 1.165) is 42.5 Å². The first-order chi connectivity index (χ1) is 14.6. The highest BCUT2D eigenvalue weighted by Crippen LogP contribution is 2.35. The molecule has 0 fully saturated rings. The van der Waals surface area contributed by atoms with E-state index in [9.17, 15) is 44.7 Å². The summed E-state index contributed by atoms with van der Waals surface area (Å²) in [6.07, 6.45) is -10.8. The lowest BCUT2D eigenvalue weighted by Gasteiger charge is -2.17. The van der Waals surface area contributed by atoms with Crippen LogP contribution in [0.5, 0.6) is 5.75 Å². The molecule has 2 aromatic rings. The summed E-state index contributed by atoms with van der Waals surface area (Å²) in [6.45, 7) is 0. The Labute approximate surface area is 177 Å². The molecule has 2 aromatic carbocycles. The highest BCUT2D eigenvalue weighted by Gasteiger charge is 2.37. The summed E-state index contributed by atoms with van der Waals surface area (Å²) in [5, 5.41) is 17.4. The van der Waals surface area contributed by atoms with Crippen LogP contribution in [0.2, 0.25) is 0 Å². The number of carboxylic acids is 1. The van der Waals surface area contributed by atoms with E-state index in [2.05, 4.69) is 4.74 Å². The Bertz CT molecular complexity index is 1110. The Morgan fingerprint density at radius 1 is 1.03 bits per heavy atom. The van der Waals surface area contributed by atoms with Crippen molar-refractivity contribution in [1.29, 1.82) is 5.41 Å². The maximum atomic E-state index is 13.1. The Morgan fingerprint density at radius 3 is 2.22 bits per heavy atom. The molecular weight excluding hydrogens is 468 g/mol. The predicted octanol–water partition coefficient (Wildman–Crippen LogP) is 4.54. The van der Waals surface area contributed by atoms with Gasteiger partial charge in [0.2, 0.25) is 0 Å². The molecule has 1 atom stereocenters. The largest absolute Gasteiger partial charge is 0.573 e. The third kappa shape index (κ3) is 6.45. The molecule has 0 heterocycles. The molecule has 0 aliphatic heterocycles. The molecule has 13 heteroatoms. The van der Waals surface area contributed by atoms with Crippen LogP contribution in [0.4, 0.5) is 26.3 Å². The number of benzene rings is 2. The predicted molar refractivity (Wildman–Crippen MR) is 99.2 cm³/mol. The maximum Gasteiger partial charge on any atom is 0.573 e. The van der Waals surface area contributed by atoms with Crippen molar-refractivity contribution in [2.75, 3.05) is 5.75 Å². The summed E-state index contributed by atoms with van der Waals surface area (Å²) in [5.74, 6) is -5.26. The van der Waals surface area contributed by atoms with Gasteiger partial charge in [-0.3, -0.25) is 4.79 Å². The van der Waals surface area contributed by atoms with Crippen molar-refractivity contribution in [3.63, 3.8) is 0 Å². The van der Waals surface area contributed by atoms with Crippen LogP contribution in [0.1, 0.15) is 17.5 Å². The maximum absolute atomic E-state index is 13.1. The molecule has 0 spiro atoms. The zero-order valence-corrected chi connectivity index (χ0v) is 16.7. The smallest absolute Gasteiger partial charge is 0.481 e. The van der Waals surface area contributed by atoms with Crippen LogP contribution < -0.4 is 4.74 Å². The molecule has 6 nitrogen and oxygen atoms in total. The van der Waals surface area contributed by atoms with Crippen molar-refractivity contribution < 1.29 is 49.4 Å². The lowest BCUT2D eigenvalue weighted by Crippen LogP contribution is -2.27. The second kappa shape index (κ2) is 9.18. The lowest BCUT2D eigenvalue weighted by atomic mass is 9.94. The van der Waals surface area contributed by atoms with Crippen molar-refractivity contribution in [1.82, 2.24) is 0 Å². The molecule has 174 valence electrons. The molecule has 0 saturated heterocycles. The topological polar surface area (TPSA) is 105 Å². The molecule has 0 aliphatic rings. The highest BCUT2D eigenvalue weighted by molar-refractivity contribution is 7.91. The molecule has 0 aliphatic carbocycles. The van der Waals surface area contributed by atoms with E-state index in [0.29, 0.717) is 6.07 Å². The van der Waals surface area contributed by atoms with Crippen molar-refractivity contribution in [2.24, 2.45) is 5.92 Å². The fraction of sp³-hybridized carbons (Fsp3) is 0.263. The molecule has 1 unspecified atom stereocenters. The van der Waals surface area contributed by atoms with Gasteiger partial charge in [-0.05, 0) is 36.2 Å². The minimum atomic E-state index is -5.03. The molecule has 0 radical (unpaired) electrons. The van der Waals surface area contributed by atoms with E-state index in [-0.39, 0.29) is 5.56 Å². The molecular formula is C19H15F6NO5S. The van der Waals surface area contributed by atoms with Crippen LogP contribution in [0.3, 0.4) is 0 Å². The summed E-state index contributed by atoms with van der Waals surface area (Å²) in [5.41, 5.74) is -2.43. The van der Waals surface area contributed by atoms with Gasteiger partial charge in [-0.2, -0.15) is 13.2 Å². The van der Waals surface area contributed by atoms with Gasteiger partial charge in [-0.15, -0.1) is 13.2 Å². The fourth-order valence-electron chi connectivity index (χ4n) is 2.81. The van der Waals surface area contributed by atoms with Gasteiger partial charge < -0.3 is 15.3 Å². The number of rotatable bonds is 8. The second-order valence-electron chi connectivity index (χ2n) is 6.48. The number of carbonyl (C=O) groups is 1. The normalized spacial score (nSPS) is 13.4. The van der Waals surface area contributed by atoms with Crippen molar-refractivity contribution in [2.45, 2.75) is 23.9 Å². The quantitative estimate of drug-likeness (QED) is 0.424. The van der Waals surface area contributed by atoms with E-state index >= 15 is 0 Å². The molecule has 0 bridgehead atoms. The van der Waals surface area contributed by atoms with E-state index in [1.165, 1.54) is 0 Å². The first-order valence-electron chi connectivity index (χ1n) is 8.68. The number of aliphatic carboxylic acids is 1. The summed E-state index contributed by atoms with van der Waals surface area (Å²) >= 11 is 0. The average Bonchev–Trinajstić information content (AvgIpc) is 2.66. The summed E-state index contributed by atoms with van der Waals surface area (Å²) < 4.78 is 105. The van der Waals surface area contributed by atoms with Crippen LogP contribution in [-0.4, -0.2) is 37.3 Å². The number of alkyl halides is 6. The Hall–Kier alpha value is -3.09. The van der Waals surface area contributed by atoms with Crippen LogP contribution >= 0.6 is 0 Å². The minimum absolute atomic E-state index is 0.285. The molecule has 32 heavy (non-hydrogen) atoms. The van der Waals surface area contributed by atoms with Gasteiger partial charge in [0.25, 0.3) is 0 Å². The van der Waals surface area contributed by atoms with Gasteiger partial charge in [0.15, 0.2) is 9.84 Å². The van der Waals surface area contributed by atoms with Crippen molar-refractivity contribution in [3.05, 3.63) is 59.7 Å². The molecule has 0 saturated carbocycles. The summed E-state index contributed by atoms with van der Waals surface area (Å²) in [4.78, 5) is 10.5. The van der Waals surface area contributed by atoms with E-state index < -0.39 is 68.4 Å². The number of sulfone groups is 1. The molecule has 2 rings (SSSR count). The van der Waals surface area contributed by atoms with E-state index in [1.54, 1.807) is 0 Å². The van der Waals surface area contributed by atoms with Crippen LogP contribution in [0, 0.1) is 11.3 Å². The number of carboxylic acid groups (broad SMARTS) is 1. The Balaban J connectivity index is 2.28. The monoisotopic (exact) mass is 483 g/mol. The lowest BCUT2D eigenvalue weighted by molar-refractivity contribution is -0.274. The molecule has 0 amide bonds. The van der Waals surface area contributed by atoms with E-state index in [1.807, 2.05) is 0 Å². The molecule has 0 aromatic heterocycles. The van der Waals surface area contributed by atoms with Gasteiger partial charge >= 0.3 is 18.5 Å². The number of hydrogen-bond acceptors (Lipinski definition) is 5. The number of nitrogens with one attached hydrogen (secondary N) is 1. The summed E-state index contributed by atoms with van der Waals surface area (Å²) in [7, 11) is -4.60. The second-order valence-corrected chi connectivity index (χ2v) is 8.56. The minimum Gasteiger partial charge on any atom is -0.481 e. The Morgan fingerprint density at radius 2 is 1.66 bits per heavy atom. The van der Waals surface area contributed by atoms with Crippen LogP contribution in [0.15, 0.2) is 53.4 Å². The average molecular weight is 483 g/mol. The van der Waals surface area contributed by atoms with Crippen LogP contribution in [0.25, 0.3) is 0 Å². The fourth-order valence-corrected chi connectivity index (χ4v) is 4.38. The van der Waals surface area contributed by atoms with E-state index in [4.69, 9.17) is 5.41 Å². The van der Waals surface area contributed by atoms with Gasteiger partial charge in [0.05, 0.1) is 27.8 Å². The SMILES string of the molecule is N=C(c1cccc(OC(F)(F)F)c1)C(CCS(=O)(=O)c1ccccc1C(F)(F)F)C(=O)O. The van der Waals surface area contributed by atoms with Crippen molar-refractivity contribution in [3.8, 4) is 5.75 Å². The number of hydrogen-bond donors (Lipinski definition) is 2. The van der Waals surface area contributed by atoms with Gasteiger partial charge in [-0.25, -0.2) is 8.42 Å². The van der Waals surface area contributed by atoms with Gasteiger partial charge in [-0.1, -0.05) is 24.3 Å². The third-order valence-corrected chi connectivity index (χ3v) is 6.03. The zero-order chi connectivity index (χ0) is 24.3. The van der Waals surface area contributed by atoms with Crippen LogP contribution in [-0.2, 0) is 20.8 Å². The first kappa shape index (κ1) is 25.2. The standard InChI is InChI=1S/C19H15F6NO5S/c20-18(21,22)14-6-1-2-7-15(14)32(29,30)9-8-13(17(27)28)16(26)11-4-3-5-12(10-11)31-19(23,24)25/h1-7,10,13,26H,8-9H2,(H,27,28). The number of ether oxygens (including phenoxy) is 1. The molecule has 2 N–H and O–H groups in total. The third-order valence-electron chi connectivity index (χ3n) is 4.23. The first-order valence-corrected chi connectivity index (χ1v) is 10.3. The Kier molecular flexibility index (Phi) is 7.23. The van der Waals surface area contributed by atoms with Gasteiger partial charge in [0, 0.05) is 0 Å². The zero-order valence-electron chi connectivity index (χ0n) is 15.9. The van der Waals surface area contributed by atoms with Crippen molar-refractivity contribution >= 4 is 21.5 Å². The highest BCUT2D eigenvalue weighted by atomic mass is 32.2. The van der Waals surface area contributed by atoms with Gasteiger partial charge in [0.1, 0.15) is 5.75 Å².